The van der Waals surface area contributed by atoms with Crippen LogP contribution in [-0.2, 0) is 20.9 Å². The molecule has 2 fully saturated rings. The Balaban J connectivity index is 1.58. The second kappa shape index (κ2) is 8.03. The Morgan fingerprint density at radius 3 is 2.44 bits per heavy atom. The number of carbonyl (C=O) groups excluding carboxylic acids is 3. The highest BCUT2D eigenvalue weighted by molar-refractivity contribution is 5.98. The Labute approximate surface area is 190 Å². The number of hydrogen-bond donors (Lipinski definition) is 0. The summed E-state index contributed by atoms with van der Waals surface area (Å²) in [6, 6.07) is 9.45. The predicted octanol–water partition coefficient (Wildman–Crippen LogP) is 3.75. The van der Waals surface area contributed by atoms with Crippen LogP contribution in [0, 0.1) is 11.8 Å². The molecular formula is C25H33N3O4. The molecule has 7 heteroatoms. The van der Waals surface area contributed by atoms with Crippen LogP contribution in [0.3, 0.4) is 0 Å². The summed E-state index contributed by atoms with van der Waals surface area (Å²) < 4.78 is 5.59. The van der Waals surface area contributed by atoms with Crippen LogP contribution in [0.5, 0.6) is 0 Å². The number of hydrazine groups is 1. The van der Waals surface area contributed by atoms with Crippen molar-refractivity contribution < 1.29 is 19.1 Å². The molecule has 172 valence electrons. The first kappa shape index (κ1) is 22.5. The van der Waals surface area contributed by atoms with Gasteiger partial charge in [0.1, 0.15) is 5.60 Å². The minimum absolute atomic E-state index is 0.0785. The molecule has 3 aliphatic heterocycles. The zero-order valence-electron chi connectivity index (χ0n) is 19.6. The van der Waals surface area contributed by atoms with Crippen molar-refractivity contribution in [3.8, 4) is 0 Å². The normalized spacial score (nSPS) is 27.2. The molecule has 32 heavy (non-hydrogen) atoms. The fourth-order valence-electron chi connectivity index (χ4n) is 4.93. The quantitative estimate of drug-likeness (QED) is 0.530. The van der Waals surface area contributed by atoms with Gasteiger partial charge in [0.25, 0.3) is 0 Å². The molecule has 2 saturated heterocycles. The van der Waals surface area contributed by atoms with E-state index in [1.54, 1.807) is 4.90 Å². The molecule has 0 aromatic heterocycles. The van der Waals surface area contributed by atoms with Crippen molar-refractivity contribution in [2.75, 3.05) is 6.54 Å². The Bertz CT molecular complexity index is 934. The molecule has 1 aromatic carbocycles. The van der Waals surface area contributed by atoms with E-state index in [0.717, 1.165) is 5.56 Å². The molecule has 0 unspecified atom stereocenters. The van der Waals surface area contributed by atoms with Crippen LogP contribution in [0.4, 0.5) is 4.79 Å². The van der Waals surface area contributed by atoms with Crippen molar-refractivity contribution in [2.45, 2.75) is 71.2 Å². The highest BCUT2D eigenvalue weighted by Crippen LogP contribution is 2.39. The summed E-state index contributed by atoms with van der Waals surface area (Å²) in [6.07, 6.45) is 4.49. The molecule has 3 heterocycles. The molecule has 5 rings (SSSR count). The number of ether oxygens (including phenoxy) is 1. The Morgan fingerprint density at radius 2 is 1.81 bits per heavy atom. The highest BCUT2D eigenvalue weighted by atomic mass is 16.6. The van der Waals surface area contributed by atoms with E-state index >= 15 is 0 Å². The maximum absolute atomic E-state index is 13.8. The number of piperidine rings is 1. The van der Waals surface area contributed by atoms with Gasteiger partial charge in [-0.05, 0) is 52.5 Å². The van der Waals surface area contributed by atoms with Crippen LogP contribution >= 0.6 is 0 Å². The fourth-order valence-corrected chi connectivity index (χ4v) is 4.93. The Morgan fingerprint density at radius 1 is 1.12 bits per heavy atom. The summed E-state index contributed by atoms with van der Waals surface area (Å²) in [6.45, 7) is 10.5. The standard InChI is InChI=1S/C25H33N3O4/c1-24(2,3)32-23(31)26-15-18-11-12-20(26)19(13-18)22(30)28-21(29)14-25(4,5)27(28)16-17-9-7-6-8-10-17/h6-12,18-20H,13-16H2,1-5H3/t18-,19+,20+/m0/s1. The van der Waals surface area contributed by atoms with Crippen molar-refractivity contribution in [1.82, 2.24) is 14.9 Å². The van der Waals surface area contributed by atoms with Crippen molar-refractivity contribution in [3.63, 3.8) is 0 Å². The largest absolute Gasteiger partial charge is 0.444 e. The van der Waals surface area contributed by atoms with Gasteiger partial charge in [-0.2, -0.15) is 0 Å². The van der Waals surface area contributed by atoms with Gasteiger partial charge >= 0.3 is 6.09 Å². The second-order valence-corrected chi connectivity index (χ2v) is 10.7. The third-order valence-electron chi connectivity index (χ3n) is 6.43. The van der Waals surface area contributed by atoms with Gasteiger partial charge in [-0.3, -0.25) is 9.59 Å². The number of fused-ring (bicyclic) bond motifs is 2. The van der Waals surface area contributed by atoms with E-state index < -0.39 is 29.2 Å². The summed E-state index contributed by atoms with van der Waals surface area (Å²) in [5.41, 5.74) is -0.0523. The molecule has 1 aromatic rings. The summed E-state index contributed by atoms with van der Waals surface area (Å²) in [5, 5.41) is 3.23. The van der Waals surface area contributed by atoms with E-state index in [9.17, 15) is 14.4 Å². The maximum Gasteiger partial charge on any atom is 0.410 e. The van der Waals surface area contributed by atoms with E-state index in [0.29, 0.717) is 19.5 Å². The lowest BCUT2D eigenvalue weighted by Gasteiger charge is -2.47. The molecule has 0 spiro atoms. The molecule has 4 aliphatic rings. The van der Waals surface area contributed by atoms with Crippen molar-refractivity contribution in [1.29, 1.82) is 0 Å². The lowest BCUT2D eigenvalue weighted by Crippen LogP contribution is -2.60. The van der Waals surface area contributed by atoms with Crippen LogP contribution in [0.25, 0.3) is 0 Å². The average Bonchev–Trinajstić information content (AvgIpc) is 2.95. The van der Waals surface area contributed by atoms with E-state index in [2.05, 4.69) is 6.08 Å². The molecule has 0 N–H and O–H groups in total. The predicted molar refractivity (Wildman–Crippen MR) is 120 cm³/mol. The number of benzene rings is 1. The number of carbonyl (C=O) groups is 3. The first-order valence-electron chi connectivity index (χ1n) is 11.3. The molecular weight excluding hydrogens is 406 g/mol. The monoisotopic (exact) mass is 439 g/mol. The lowest BCUT2D eigenvalue weighted by molar-refractivity contribution is -0.167. The fraction of sp³-hybridized carbons (Fsp3) is 0.560. The number of rotatable bonds is 3. The van der Waals surface area contributed by atoms with Crippen LogP contribution in [-0.4, -0.2) is 56.6 Å². The van der Waals surface area contributed by atoms with Gasteiger partial charge in [0.05, 0.1) is 12.0 Å². The van der Waals surface area contributed by atoms with Crippen LogP contribution < -0.4 is 0 Å². The number of amides is 3. The maximum atomic E-state index is 13.8. The minimum Gasteiger partial charge on any atom is -0.444 e. The van der Waals surface area contributed by atoms with Gasteiger partial charge in [-0.1, -0.05) is 42.5 Å². The van der Waals surface area contributed by atoms with Gasteiger partial charge in [-0.15, -0.1) is 0 Å². The first-order valence-corrected chi connectivity index (χ1v) is 11.3. The SMILES string of the molecule is CC(C)(C)OC(=O)N1C[C@H]2C=C[C@@H]1[C@H](C(=O)N1C(=O)CC(C)(C)N1Cc1ccccc1)C2. The average molecular weight is 440 g/mol. The van der Waals surface area contributed by atoms with Gasteiger partial charge in [0.15, 0.2) is 0 Å². The zero-order valence-corrected chi connectivity index (χ0v) is 19.6. The van der Waals surface area contributed by atoms with E-state index in [-0.39, 0.29) is 24.2 Å². The molecule has 7 nitrogen and oxygen atoms in total. The summed E-state index contributed by atoms with van der Waals surface area (Å²) >= 11 is 0. The Kier molecular flexibility index (Phi) is 5.65. The molecule has 3 amide bonds. The second-order valence-electron chi connectivity index (χ2n) is 10.7. The summed E-state index contributed by atoms with van der Waals surface area (Å²) in [4.78, 5) is 41.3. The number of hydrogen-bond acceptors (Lipinski definition) is 5. The molecule has 0 saturated carbocycles. The smallest absolute Gasteiger partial charge is 0.410 e. The van der Waals surface area contributed by atoms with Gasteiger partial charge in [-0.25, -0.2) is 14.8 Å². The first-order chi connectivity index (χ1) is 15.0. The van der Waals surface area contributed by atoms with Gasteiger partial charge in [0, 0.05) is 25.0 Å². The van der Waals surface area contributed by atoms with Gasteiger partial charge < -0.3 is 9.64 Å². The van der Waals surface area contributed by atoms with E-state index in [4.69, 9.17) is 4.74 Å². The minimum atomic E-state index is -0.613. The third-order valence-corrected chi connectivity index (χ3v) is 6.43. The number of nitrogens with zero attached hydrogens (tertiary/aromatic N) is 3. The van der Waals surface area contributed by atoms with E-state index in [1.807, 2.05) is 76.0 Å². The van der Waals surface area contributed by atoms with Crippen molar-refractivity contribution >= 4 is 17.9 Å². The van der Waals surface area contributed by atoms with Crippen LogP contribution in [0.2, 0.25) is 0 Å². The molecule has 2 bridgehead atoms. The summed E-state index contributed by atoms with van der Waals surface area (Å²) in [7, 11) is 0. The highest BCUT2D eigenvalue weighted by Gasteiger charge is 2.52. The number of imide groups is 1. The molecule has 3 atom stereocenters. The van der Waals surface area contributed by atoms with Crippen LogP contribution in [0.1, 0.15) is 53.0 Å². The lowest BCUT2D eigenvalue weighted by atomic mass is 9.77. The topological polar surface area (TPSA) is 70.2 Å². The van der Waals surface area contributed by atoms with E-state index in [1.165, 1.54) is 5.01 Å². The van der Waals surface area contributed by atoms with Crippen molar-refractivity contribution in [2.24, 2.45) is 11.8 Å². The Hall–Kier alpha value is -2.67. The third kappa shape index (κ3) is 4.31. The molecule has 0 radical (unpaired) electrons. The summed E-state index contributed by atoms with van der Waals surface area (Å²) in [5.74, 6) is -0.813. The van der Waals surface area contributed by atoms with Crippen LogP contribution in [0.15, 0.2) is 42.5 Å². The zero-order chi connectivity index (χ0) is 23.3. The van der Waals surface area contributed by atoms with Crippen molar-refractivity contribution in [3.05, 3.63) is 48.0 Å². The van der Waals surface area contributed by atoms with Gasteiger partial charge in [0.2, 0.25) is 11.8 Å². The molecule has 1 aliphatic carbocycles.